The molecular formula is C26H28N4O5. The molecule has 1 aliphatic carbocycles. The van der Waals surface area contributed by atoms with E-state index in [0.29, 0.717) is 5.69 Å². The molecule has 0 fully saturated rings. The van der Waals surface area contributed by atoms with Gasteiger partial charge in [0.15, 0.2) is 0 Å². The molecule has 3 aromatic rings. The number of carboxylic acid groups (broad SMARTS) is 1. The number of nitrogens with one attached hydrogen (secondary N) is 3. The Morgan fingerprint density at radius 3 is 2.34 bits per heavy atom. The summed E-state index contributed by atoms with van der Waals surface area (Å²) in [5.74, 6) is -2.03. The highest BCUT2D eigenvalue weighted by Crippen LogP contribution is 2.44. The van der Waals surface area contributed by atoms with E-state index in [4.69, 9.17) is 9.84 Å². The Labute approximate surface area is 202 Å². The smallest absolute Gasteiger partial charge is 0.407 e. The lowest BCUT2D eigenvalue weighted by atomic mass is 9.98. The van der Waals surface area contributed by atoms with Crippen molar-refractivity contribution in [2.75, 3.05) is 13.2 Å². The summed E-state index contributed by atoms with van der Waals surface area (Å²) < 4.78 is 5.58. The number of carboxylic acids is 1. The monoisotopic (exact) mass is 476 g/mol. The van der Waals surface area contributed by atoms with Gasteiger partial charge in [-0.2, -0.15) is 0 Å². The largest absolute Gasteiger partial charge is 0.481 e. The summed E-state index contributed by atoms with van der Waals surface area (Å²) >= 11 is 0. The molecule has 4 rings (SSSR count). The molecule has 35 heavy (non-hydrogen) atoms. The summed E-state index contributed by atoms with van der Waals surface area (Å²) in [5.41, 5.74) is 5.12. The van der Waals surface area contributed by atoms with Crippen LogP contribution in [0.3, 0.4) is 0 Å². The molecule has 0 aliphatic heterocycles. The maximum absolute atomic E-state index is 12.8. The molecule has 2 atom stereocenters. The Morgan fingerprint density at radius 1 is 1.09 bits per heavy atom. The van der Waals surface area contributed by atoms with Crippen LogP contribution >= 0.6 is 0 Å². The van der Waals surface area contributed by atoms with E-state index in [1.165, 1.54) is 6.33 Å². The molecule has 2 aromatic carbocycles. The Kier molecular flexibility index (Phi) is 7.45. The summed E-state index contributed by atoms with van der Waals surface area (Å²) in [7, 11) is 0. The number of rotatable bonds is 10. The molecule has 0 radical (unpaired) electrons. The number of ether oxygens (including phenoxy) is 1. The number of nitrogens with zero attached hydrogens (tertiary/aromatic N) is 1. The normalized spacial score (nSPS) is 13.9. The molecule has 1 aliphatic rings. The van der Waals surface area contributed by atoms with E-state index < -0.39 is 29.9 Å². The Balaban J connectivity index is 1.39. The van der Waals surface area contributed by atoms with E-state index in [1.807, 2.05) is 36.4 Å². The van der Waals surface area contributed by atoms with Crippen molar-refractivity contribution in [3.8, 4) is 11.1 Å². The van der Waals surface area contributed by atoms with Gasteiger partial charge < -0.3 is 25.5 Å². The minimum absolute atomic E-state index is 0.0921. The number of amides is 2. The second-order valence-corrected chi connectivity index (χ2v) is 8.62. The predicted octanol–water partition coefficient (Wildman–Crippen LogP) is 3.09. The fourth-order valence-electron chi connectivity index (χ4n) is 4.27. The molecule has 0 saturated carbocycles. The third-order valence-corrected chi connectivity index (χ3v) is 6.23. The average molecular weight is 477 g/mol. The third-order valence-electron chi connectivity index (χ3n) is 6.23. The van der Waals surface area contributed by atoms with Crippen molar-refractivity contribution in [1.82, 2.24) is 20.6 Å². The van der Waals surface area contributed by atoms with Crippen LogP contribution < -0.4 is 10.6 Å². The summed E-state index contributed by atoms with van der Waals surface area (Å²) in [4.78, 5) is 43.4. The molecule has 0 spiro atoms. The van der Waals surface area contributed by atoms with Crippen molar-refractivity contribution in [2.45, 2.75) is 31.7 Å². The zero-order chi connectivity index (χ0) is 24.8. The Hall–Kier alpha value is -4.14. The molecule has 0 bridgehead atoms. The molecule has 2 unspecified atom stereocenters. The summed E-state index contributed by atoms with van der Waals surface area (Å²) in [5, 5.41) is 14.4. The number of carbonyl (C=O) groups is 3. The van der Waals surface area contributed by atoms with Crippen molar-refractivity contribution >= 4 is 18.0 Å². The number of hydrogen-bond donors (Lipinski definition) is 4. The zero-order valence-corrected chi connectivity index (χ0v) is 19.4. The first kappa shape index (κ1) is 24.0. The highest BCUT2D eigenvalue weighted by molar-refractivity contribution is 5.86. The standard InChI is InChI=1S/C26H28N4O5/c1-16(25(32)33)10-11-28-24(31)23(12-17-13-27-15-29-17)30-26(34)35-14-22-20-8-4-2-6-18(20)19-7-3-5-9-21(19)22/h2-9,13,15-16,22-23H,10-12,14H2,1H3,(H,27,29)(H,28,31)(H,30,34)(H,32,33). The summed E-state index contributed by atoms with van der Waals surface area (Å²) in [6.45, 7) is 1.89. The van der Waals surface area contributed by atoms with Crippen LogP contribution in [0.15, 0.2) is 61.1 Å². The number of aliphatic carboxylic acids is 1. The van der Waals surface area contributed by atoms with Crippen LogP contribution in [0.5, 0.6) is 0 Å². The van der Waals surface area contributed by atoms with Gasteiger partial charge >= 0.3 is 12.1 Å². The van der Waals surface area contributed by atoms with E-state index >= 15 is 0 Å². The van der Waals surface area contributed by atoms with Gasteiger partial charge in [0.1, 0.15) is 12.6 Å². The van der Waals surface area contributed by atoms with Crippen molar-refractivity contribution in [2.24, 2.45) is 5.92 Å². The molecule has 4 N–H and O–H groups in total. The highest BCUT2D eigenvalue weighted by atomic mass is 16.5. The van der Waals surface area contributed by atoms with Gasteiger partial charge in [0.2, 0.25) is 5.91 Å². The first-order valence-electron chi connectivity index (χ1n) is 11.5. The molecule has 1 heterocycles. The van der Waals surface area contributed by atoms with Gasteiger partial charge in [0.05, 0.1) is 12.2 Å². The van der Waals surface area contributed by atoms with Crippen LogP contribution in [0.2, 0.25) is 0 Å². The molecule has 1 aromatic heterocycles. The number of alkyl carbamates (subject to hydrolysis) is 1. The number of imidazole rings is 1. The highest BCUT2D eigenvalue weighted by Gasteiger charge is 2.30. The first-order valence-corrected chi connectivity index (χ1v) is 11.5. The van der Waals surface area contributed by atoms with Crippen molar-refractivity contribution in [3.63, 3.8) is 0 Å². The number of carbonyl (C=O) groups excluding carboxylic acids is 2. The van der Waals surface area contributed by atoms with Crippen LogP contribution in [0, 0.1) is 5.92 Å². The maximum Gasteiger partial charge on any atom is 0.407 e. The summed E-state index contributed by atoms with van der Waals surface area (Å²) in [6.07, 6.45) is 2.83. The topological polar surface area (TPSA) is 133 Å². The predicted molar refractivity (Wildman–Crippen MR) is 129 cm³/mol. The fraction of sp³-hybridized carbons (Fsp3) is 0.308. The van der Waals surface area contributed by atoms with Crippen molar-refractivity contribution in [3.05, 3.63) is 77.9 Å². The van der Waals surface area contributed by atoms with E-state index in [9.17, 15) is 14.4 Å². The van der Waals surface area contributed by atoms with E-state index in [1.54, 1.807) is 13.1 Å². The lowest BCUT2D eigenvalue weighted by molar-refractivity contribution is -0.141. The number of aromatic nitrogens is 2. The van der Waals surface area contributed by atoms with E-state index in [2.05, 4.69) is 32.7 Å². The second kappa shape index (κ2) is 10.9. The van der Waals surface area contributed by atoms with E-state index in [-0.39, 0.29) is 31.9 Å². The van der Waals surface area contributed by atoms with Crippen LogP contribution in [0.4, 0.5) is 4.79 Å². The minimum Gasteiger partial charge on any atom is -0.481 e. The summed E-state index contributed by atoms with van der Waals surface area (Å²) in [6, 6.07) is 15.2. The number of aromatic amines is 1. The molecule has 0 saturated heterocycles. The first-order chi connectivity index (χ1) is 16.9. The van der Waals surface area contributed by atoms with Gasteiger partial charge in [-0.15, -0.1) is 0 Å². The second-order valence-electron chi connectivity index (χ2n) is 8.62. The van der Waals surface area contributed by atoms with Crippen molar-refractivity contribution < 1.29 is 24.2 Å². The van der Waals surface area contributed by atoms with Gasteiger partial charge in [-0.3, -0.25) is 9.59 Å². The van der Waals surface area contributed by atoms with Crippen LogP contribution in [-0.4, -0.2) is 52.2 Å². The molecule has 182 valence electrons. The molecule has 2 amide bonds. The van der Waals surface area contributed by atoms with Gasteiger partial charge in [0, 0.05) is 30.8 Å². The fourth-order valence-corrected chi connectivity index (χ4v) is 4.27. The third kappa shape index (κ3) is 5.68. The lowest BCUT2D eigenvalue weighted by Gasteiger charge is -2.19. The lowest BCUT2D eigenvalue weighted by Crippen LogP contribution is -2.48. The molecular weight excluding hydrogens is 448 g/mol. The Bertz CT molecular complexity index is 1150. The maximum atomic E-state index is 12.8. The number of H-pyrrole nitrogens is 1. The van der Waals surface area contributed by atoms with Gasteiger partial charge in [0.25, 0.3) is 0 Å². The molecule has 9 heteroatoms. The number of hydrogen-bond acceptors (Lipinski definition) is 5. The number of fused-ring (bicyclic) bond motifs is 3. The minimum atomic E-state index is -0.926. The van der Waals surface area contributed by atoms with Gasteiger partial charge in [-0.05, 0) is 28.7 Å². The van der Waals surface area contributed by atoms with Crippen LogP contribution in [0.1, 0.15) is 36.1 Å². The van der Waals surface area contributed by atoms with Crippen LogP contribution in [0.25, 0.3) is 11.1 Å². The van der Waals surface area contributed by atoms with E-state index in [0.717, 1.165) is 22.3 Å². The molecule has 9 nitrogen and oxygen atoms in total. The zero-order valence-electron chi connectivity index (χ0n) is 19.4. The SMILES string of the molecule is CC(CCNC(=O)C(Cc1cnc[nH]1)NC(=O)OCC1c2ccccc2-c2ccccc21)C(=O)O. The van der Waals surface area contributed by atoms with Gasteiger partial charge in [-0.1, -0.05) is 55.5 Å². The van der Waals surface area contributed by atoms with Gasteiger partial charge in [-0.25, -0.2) is 9.78 Å². The average Bonchev–Trinajstić information content (AvgIpc) is 3.48. The van der Waals surface area contributed by atoms with Crippen LogP contribution in [-0.2, 0) is 20.7 Å². The number of benzene rings is 2. The quantitative estimate of drug-likeness (QED) is 0.355. The Morgan fingerprint density at radius 2 is 1.74 bits per heavy atom. The van der Waals surface area contributed by atoms with Crippen molar-refractivity contribution in [1.29, 1.82) is 0 Å².